The number of benzene rings is 2. The number of hydrogen-bond donors (Lipinski definition) is 2. The van der Waals surface area contributed by atoms with Crippen molar-refractivity contribution in [2.24, 2.45) is 0 Å². The fraction of sp³-hybridized carbons (Fsp3) is 0.0435. The smallest absolute Gasteiger partial charge is 0.273 e. The van der Waals surface area contributed by atoms with Gasteiger partial charge in [-0.15, -0.1) is 11.3 Å². The summed E-state index contributed by atoms with van der Waals surface area (Å²) in [6, 6.07) is 18.4. The molecule has 0 spiro atoms. The van der Waals surface area contributed by atoms with E-state index >= 15 is 0 Å². The van der Waals surface area contributed by atoms with Gasteiger partial charge in [-0.1, -0.05) is 65.3 Å². The van der Waals surface area contributed by atoms with Gasteiger partial charge in [0.15, 0.2) is 6.61 Å². The third-order valence-electron chi connectivity index (χ3n) is 4.91. The molecule has 0 saturated heterocycles. The topological polar surface area (TPSA) is 101 Å². The largest absolute Gasteiger partial charge is 0.483 e. The standard InChI is InChI=1S/C23H15Cl2N3O4S3/c24-14-10-21(34-23(14)25)35(30,31)28-19(29)12-32-17-7-3-6-16-22(17)18(11-26-16)33-20-9-8-13-4-1-2-5-15(13)27-20/h1-11,26H,12H2,(H,28,29). The predicted molar refractivity (Wildman–Crippen MR) is 139 cm³/mol. The van der Waals surface area contributed by atoms with Crippen LogP contribution in [0.15, 0.2) is 81.0 Å². The first-order valence-electron chi connectivity index (χ1n) is 10.1. The lowest BCUT2D eigenvalue weighted by Crippen LogP contribution is -2.34. The molecular formula is C23H15Cl2N3O4S3. The molecular weight excluding hydrogens is 549 g/mol. The van der Waals surface area contributed by atoms with E-state index in [4.69, 9.17) is 32.9 Å². The molecule has 0 aliphatic heterocycles. The van der Waals surface area contributed by atoms with Crippen LogP contribution in [0.1, 0.15) is 0 Å². The van der Waals surface area contributed by atoms with Gasteiger partial charge in [0.1, 0.15) is 19.3 Å². The molecule has 35 heavy (non-hydrogen) atoms. The van der Waals surface area contributed by atoms with Gasteiger partial charge in [0.05, 0.1) is 21.4 Å². The van der Waals surface area contributed by atoms with Crippen LogP contribution in [-0.2, 0) is 14.8 Å². The minimum atomic E-state index is -4.11. The number of sulfonamides is 1. The van der Waals surface area contributed by atoms with E-state index in [1.54, 1.807) is 12.1 Å². The minimum absolute atomic E-state index is 0.103. The Morgan fingerprint density at radius 1 is 1.11 bits per heavy atom. The number of fused-ring (bicyclic) bond motifs is 2. The van der Waals surface area contributed by atoms with Crippen molar-refractivity contribution in [1.82, 2.24) is 14.7 Å². The summed E-state index contributed by atoms with van der Waals surface area (Å²) in [5.74, 6) is -0.398. The van der Waals surface area contributed by atoms with Crippen molar-refractivity contribution in [3.05, 3.63) is 76.2 Å². The van der Waals surface area contributed by atoms with E-state index in [-0.39, 0.29) is 13.6 Å². The van der Waals surface area contributed by atoms with E-state index in [9.17, 15) is 13.2 Å². The van der Waals surface area contributed by atoms with Gasteiger partial charge in [-0.2, -0.15) is 0 Å². The zero-order valence-corrected chi connectivity index (χ0v) is 21.6. The monoisotopic (exact) mass is 563 g/mol. The molecule has 0 aliphatic rings. The highest BCUT2D eigenvalue weighted by atomic mass is 35.5. The summed E-state index contributed by atoms with van der Waals surface area (Å²) >= 11 is 13.9. The van der Waals surface area contributed by atoms with E-state index < -0.39 is 22.5 Å². The molecule has 0 fully saturated rings. The number of aromatic amines is 1. The highest BCUT2D eigenvalue weighted by Gasteiger charge is 2.22. The molecule has 2 aromatic carbocycles. The van der Waals surface area contributed by atoms with Crippen molar-refractivity contribution in [1.29, 1.82) is 0 Å². The number of ether oxygens (including phenoxy) is 1. The molecule has 178 valence electrons. The fourth-order valence-electron chi connectivity index (χ4n) is 3.37. The van der Waals surface area contributed by atoms with Crippen LogP contribution in [0.4, 0.5) is 0 Å². The Morgan fingerprint density at radius 2 is 1.94 bits per heavy atom. The number of amides is 1. The summed E-state index contributed by atoms with van der Waals surface area (Å²) in [6.45, 7) is -0.505. The van der Waals surface area contributed by atoms with Crippen molar-refractivity contribution in [3.8, 4) is 5.75 Å². The SMILES string of the molecule is O=C(COc1cccc2[nH]cc(Sc3ccc4ccccc4n3)c12)NS(=O)(=O)c1cc(Cl)c(Cl)s1. The van der Waals surface area contributed by atoms with Crippen molar-refractivity contribution in [3.63, 3.8) is 0 Å². The van der Waals surface area contributed by atoms with E-state index in [1.807, 2.05) is 53.4 Å². The van der Waals surface area contributed by atoms with E-state index in [0.717, 1.165) is 43.1 Å². The molecule has 0 bridgehead atoms. The lowest BCUT2D eigenvalue weighted by atomic mass is 10.2. The number of halogens is 2. The maximum absolute atomic E-state index is 12.4. The van der Waals surface area contributed by atoms with Crippen LogP contribution in [-0.4, -0.2) is 30.9 Å². The first-order chi connectivity index (χ1) is 16.8. The number of hydrogen-bond acceptors (Lipinski definition) is 7. The zero-order valence-electron chi connectivity index (χ0n) is 17.6. The molecule has 5 rings (SSSR count). The summed E-state index contributed by atoms with van der Waals surface area (Å²) < 4.78 is 32.5. The van der Waals surface area contributed by atoms with Gasteiger partial charge < -0.3 is 9.72 Å². The average Bonchev–Trinajstić information content (AvgIpc) is 3.41. The number of pyridine rings is 1. The summed E-state index contributed by atoms with van der Waals surface area (Å²) in [6.07, 6.45) is 1.84. The van der Waals surface area contributed by atoms with Gasteiger partial charge in [0.25, 0.3) is 15.9 Å². The summed E-state index contributed by atoms with van der Waals surface area (Å²) in [5.41, 5.74) is 1.70. The second-order valence-corrected chi connectivity index (χ2v) is 12.3. The number of nitrogens with one attached hydrogen (secondary N) is 2. The molecule has 12 heteroatoms. The van der Waals surface area contributed by atoms with Crippen molar-refractivity contribution >= 4 is 84.0 Å². The number of carbonyl (C=O) groups is 1. The summed E-state index contributed by atoms with van der Waals surface area (Å²) in [4.78, 5) is 21.1. The molecule has 7 nitrogen and oxygen atoms in total. The first-order valence-corrected chi connectivity index (χ1v) is 13.9. The minimum Gasteiger partial charge on any atom is -0.483 e. The second kappa shape index (κ2) is 9.71. The number of thiophene rings is 1. The first kappa shape index (κ1) is 24.0. The van der Waals surface area contributed by atoms with Gasteiger partial charge in [-0.25, -0.2) is 18.1 Å². The number of para-hydroxylation sites is 1. The third-order valence-corrected chi connectivity index (χ3v) is 9.60. The Balaban J connectivity index is 1.34. The van der Waals surface area contributed by atoms with Crippen LogP contribution in [0.25, 0.3) is 21.8 Å². The van der Waals surface area contributed by atoms with E-state index in [0.29, 0.717) is 5.75 Å². The Bertz CT molecular complexity index is 1660. The van der Waals surface area contributed by atoms with Gasteiger partial charge >= 0.3 is 0 Å². The van der Waals surface area contributed by atoms with Gasteiger partial charge in [0, 0.05) is 16.5 Å². The molecule has 1 amide bonds. The molecule has 0 aliphatic carbocycles. The zero-order chi connectivity index (χ0) is 24.6. The van der Waals surface area contributed by atoms with Crippen molar-refractivity contribution < 1.29 is 17.9 Å². The van der Waals surface area contributed by atoms with Gasteiger partial charge in [-0.05, 0) is 30.3 Å². The predicted octanol–water partition coefficient (Wildman–Crippen LogP) is 6.12. The molecule has 0 atom stereocenters. The summed E-state index contributed by atoms with van der Waals surface area (Å²) in [7, 11) is -4.11. The Labute approximate surface area is 218 Å². The number of H-pyrrole nitrogens is 1. The van der Waals surface area contributed by atoms with Crippen LogP contribution < -0.4 is 9.46 Å². The Hall–Kier alpha value is -2.76. The second-order valence-electron chi connectivity index (χ2n) is 7.28. The molecule has 3 heterocycles. The van der Waals surface area contributed by atoms with Crippen molar-refractivity contribution in [2.45, 2.75) is 14.1 Å². The van der Waals surface area contributed by atoms with Crippen LogP contribution in [0, 0.1) is 0 Å². The lowest BCUT2D eigenvalue weighted by Gasteiger charge is -2.10. The highest BCUT2D eigenvalue weighted by Crippen LogP contribution is 2.38. The average molecular weight is 564 g/mol. The fourth-order valence-corrected chi connectivity index (χ4v) is 7.16. The maximum Gasteiger partial charge on any atom is 0.273 e. The number of carbonyl (C=O) groups excluding carboxylic acids is 1. The number of rotatable bonds is 7. The molecule has 2 N–H and O–H groups in total. The van der Waals surface area contributed by atoms with Crippen molar-refractivity contribution in [2.75, 3.05) is 6.61 Å². The number of aromatic nitrogens is 2. The van der Waals surface area contributed by atoms with Crippen LogP contribution in [0.3, 0.4) is 0 Å². The van der Waals surface area contributed by atoms with Gasteiger partial charge in [0.2, 0.25) is 0 Å². The lowest BCUT2D eigenvalue weighted by molar-refractivity contribution is -0.121. The molecule has 0 saturated carbocycles. The Morgan fingerprint density at radius 3 is 2.74 bits per heavy atom. The van der Waals surface area contributed by atoms with Gasteiger partial charge in [-0.3, -0.25) is 4.79 Å². The molecule has 0 unspecified atom stereocenters. The van der Waals surface area contributed by atoms with Crippen LogP contribution >= 0.6 is 46.3 Å². The third kappa shape index (κ3) is 5.12. The maximum atomic E-state index is 12.4. The van der Waals surface area contributed by atoms with E-state index in [2.05, 4.69) is 4.98 Å². The quantitative estimate of drug-likeness (QED) is 0.247. The summed E-state index contributed by atoms with van der Waals surface area (Å²) in [5, 5.41) is 2.72. The molecule has 5 aromatic rings. The normalized spacial score (nSPS) is 11.7. The molecule has 3 aromatic heterocycles. The van der Waals surface area contributed by atoms with Crippen LogP contribution in [0.2, 0.25) is 9.36 Å². The number of nitrogens with zero attached hydrogens (tertiary/aromatic N) is 1. The Kier molecular flexibility index (Phi) is 6.65. The molecule has 0 radical (unpaired) electrons. The highest BCUT2D eigenvalue weighted by molar-refractivity contribution is 7.99. The van der Waals surface area contributed by atoms with Crippen LogP contribution in [0.5, 0.6) is 5.75 Å². The van der Waals surface area contributed by atoms with E-state index in [1.165, 1.54) is 17.8 Å².